The second-order valence-electron chi connectivity index (χ2n) is 1.72. The Balaban J connectivity index is 2.86. The molecule has 3 N–H and O–H groups in total. The van der Waals surface area contributed by atoms with Gasteiger partial charge in [0, 0.05) is 5.88 Å². The van der Waals surface area contributed by atoms with Gasteiger partial charge in [0.15, 0.2) is 0 Å². The van der Waals surface area contributed by atoms with Crippen molar-refractivity contribution in [3.05, 3.63) is 0 Å². The Kier molecular flexibility index (Phi) is 6.06. The van der Waals surface area contributed by atoms with Crippen LogP contribution in [0.4, 0.5) is 0 Å². The third-order valence-electron chi connectivity index (χ3n) is 0.964. The van der Waals surface area contributed by atoms with E-state index in [1.807, 2.05) is 0 Å². The first-order valence-corrected chi connectivity index (χ1v) is 3.77. The zero-order chi connectivity index (χ0) is 6.41. The largest absolute Gasteiger partial charge is 0.356 e. The van der Waals surface area contributed by atoms with Gasteiger partial charge in [0.25, 0.3) is 0 Å². The van der Waals surface area contributed by atoms with Gasteiger partial charge in [-0.25, -0.2) is 0 Å². The standard InChI is InChI=1S/C5H11Cl2N/c6-3-1-2-5(7)4-8/h5H,1-4,8H2/p+1/t5-/m0/s1. The highest BCUT2D eigenvalue weighted by molar-refractivity contribution is 6.20. The molecule has 1 nitrogen and oxygen atoms in total. The molecule has 0 rings (SSSR count). The molecule has 0 amide bonds. The van der Waals surface area contributed by atoms with Crippen molar-refractivity contribution in [2.24, 2.45) is 0 Å². The van der Waals surface area contributed by atoms with Crippen molar-refractivity contribution in [1.82, 2.24) is 0 Å². The van der Waals surface area contributed by atoms with Gasteiger partial charge in [-0.3, -0.25) is 0 Å². The van der Waals surface area contributed by atoms with Crippen molar-refractivity contribution in [2.45, 2.75) is 18.2 Å². The second-order valence-corrected chi connectivity index (χ2v) is 2.71. The lowest BCUT2D eigenvalue weighted by Gasteiger charge is -1.99. The first kappa shape index (κ1) is 8.54. The topological polar surface area (TPSA) is 27.6 Å². The lowest BCUT2D eigenvalue weighted by molar-refractivity contribution is -0.367. The molecule has 0 aliphatic rings. The third-order valence-corrected chi connectivity index (χ3v) is 1.67. The number of halogens is 2. The van der Waals surface area contributed by atoms with Crippen LogP contribution in [0.2, 0.25) is 0 Å². The molecular weight excluding hydrogens is 145 g/mol. The fourth-order valence-electron chi connectivity index (χ4n) is 0.443. The van der Waals surface area contributed by atoms with Gasteiger partial charge in [-0.1, -0.05) is 0 Å². The van der Waals surface area contributed by atoms with Crippen molar-refractivity contribution in [3.8, 4) is 0 Å². The molecule has 0 unspecified atom stereocenters. The quantitative estimate of drug-likeness (QED) is 0.586. The minimum absolute atomic E-state index is 0.230. The van der Waals surface area contributed by atoms with Crippen LogP contribution in [0.3, 0.4) is 0 Å². The molecule has 0 radical (unpaired) electrons. The van der Waals surface area contributed by atoms with Crippen LogP contribution in [0.25, 0.3) is 0 Å². The molecule has 50 valence electrons. The van der Waals surface area contributed by atoms with E-state index in [-0.39, 0.29) is 5.38 Å². The van der Waals surface area contributed by atoms with Crippen LogP contribution in [-0.2, 0) is 0 Å². The summed E-state index contributed by atoms with van der Waals surface area (Å²) in [6.45, 7) is 0.804. The molecule has 0 aliphatic carbocycles. The summed E-state index contributed by atoms with van der Waals surface area (Å²) in [5, 5.41) is 0.230. The van der Waals surface area contributed by atoms with E-state index < -0.39 is 0 Å². The number of alkyl halides is 2. The highest BCUT2D eigenvalue weighted by Crippen LogP contribution is 2.02. The molecule has 0 aliphatic heterocycles. The average Bonchev–Trinajstić information content (AvgIpc) is 1.83. The number of quaternary nitrogens is 1. The predicted molar refractivity (Wildman–Crippen MR) is 37.4 cm³/mol. The number of rotatable bonds is 4. The lowest BCUT2D eigenvalue weighted by atomic mass is 10.2. The number of hydrogen-bond donors (Lipinski definition) is 1. The Labute approximate surface area is 60.1 Å². The molecule has 1 atom stereocenters. The van der Waals surface area contributed by atoms with Crippen LogP contribution >= 0.6 is 23.2 Å². The molecule has 0 saturated carbocycles. The van der Waals surface area contributed by atoms with Gasteiger partial charge in [0.05, 0.1) is 11.9 Å². The SMILES string of the molecule is [NH3+]C[C@@H](Cl)CCCCl. The van der Waals surface area contributed by atoms with Gasteiger partial charge < -0.3 is 5.73 Å². The summed E-state index contributed by atoms with van der Waals surface area (Å²) in [6.07, 6.45) is 2.00. The molecule has 0 heterocycles. The summed E-state index contributed by atoms with van der Waals surface area (Å²) >= 11 is 11.1. The van der Waals surface area contributed by atoms with E-state index in [1.165, 1.54) is 0 Å². The summed E-state index contributed by atoms with van der Waals surface area (Å²) in [5.41, 5.74) is 3.66. The number of hydrogen-bond acceptors (Lipinski definition) is 0. The summed E-state index contributed by atoms with van der Waals surface area (Å²) in [6, 6.07) is 0. The predicted octanol–water partition coefficient (Wildman–Crippen LogP) is 0.855. The molecule has 3 heteroatoms. The van der Waals surface area contributed by atoms with Crippen LogP contribution in [0.5, 0.6) is 0 Å². The third kappa shape index (κ3) is 4.69. The molecule has 0 fully saturated rings. The molecular formula is C5H12Cl2N+. The smallest absolute Gasteiger partial charge is 0.0906 e. The Morgan fingerprint density at radius 3 is 2.50 bits per heavy atom. The minimum atomic E-state index is 0.230. The second kappa shape index (κ2) is 5.67. The van der Waals surface area contributed by atoms with Gasteiger partial charge in [-0.15, -0.1) is 23.2 Å². The van der Waals surface area contributed by atoms with Crippen LogP contribution in [0.1, 0.15) is 12.8 Å². The first-order valence-electron chi connectivity index (χ1n) is 2.80. The average molecular weight is 157 g/mol. The summed E-state index contributed by atoms with van der Waals surface area (Å²) in [5.74, 6) is 0.712. The maximum atomic E-state index is 5.72. The minimum Gasteiger partial charge on any atom is -0.356 e. The van der Waals surface area contributed by atoms with Gasteiger partial charge in [0.1, 0.15) is 0 Å². The highest BCUT2D eigenvalue weighted by atomic mass is 35.5. The molecule has 0 aromatic heterocycles. The molecule has 0 saturated heterocycles. The van der Waals surface area contributed by atoms with Crippen molar-refractivity contribution in [2.75, 3.05) is 12.4 Å². The van der Waals surface area contributed by atoms with E-state index in [0.717, 1.165) is 19.4 Å². The van der Waals surface area contributed by atoms with E-state index in [9.17, 15) is 0 Å². The van der Waals surface area contributed by atoms with Gasteiger partial charge in [0.2, 0.25) is 0 Å². The Bertz CT molecular complexity index is 49.7. The van der Waals surface area contributed by atoms with Crippen molar-refractivity contribution < 1.29 is 5.73 Å². The van der Waals surface area contributed by atoms with E-state index in [1.54, 1.807) is 0 Å². The fourth-order valence-corrected chi connectivity index (χ4v) is 0.752. The zero-order valence-corrected chi connectivity index (χ0v) is 6.38. The van der Waals surface area contributed by atoms with E-state index in [4.69, 9.17) is 23.2 Å². The van der Waals surface area contributed by atoms with Gasteiger partial charge in [-0.05, 0) is 12.8 Å². The molecule has 0 spiro atoms. The molecule has 0 bridgehead atoms. The Morgan fingerprint density at radius 2 is 2.12 bits per heavy atom. The molecule has 0 aromatic carbocycles. The Hall–Kier alpha value is 0.540. The zero-order valence-electron chi connectivity index (χ0n) is 4.87. The summed E-state index contributed by atoms with van der Waals surface area (Å²) < 4.78 is 0. The van der Waals surface area contributed by atoms with Crippen LogP contribution in [0.15, 0.2) is 0 Å². The molecule has 0 aromatic rings. The lowest BCUT2D eigenvalue weighted by Crippen LogP contribution is -2.54. The molecule has 8 heavy (non-hydrogen) atoms. The van der Waals surface area contributed by atoms with Crippen molar-refractivity contribution in [1.29, 1.82) is 0 Å². The van der Waals surface area contributed by atoms with E-state index >= 15 is 0 Å². The monoisotopic (exact) mass is 156 g/mol. The first-order chi connectivity index (χ1) is 3.81. The van der Waals surface area contributed by atoms with E-state index in [2.05, 4.69) is 5.73 Å². The van der Waals surface area contributed by atoms with E-state index in [0.29, 0.717) is 5.88 Å². The maximum Gasteiger partial charge on any atom is 0.0906 e. The maximum absolute atomic E-state index is 5.72. The van der Waals surface area contributed by atoms with Crippen molar-refractivity contribution in [3.63, 3.8) is 0 Å². The fraction of sp³-hybridized carbons (Fsp3) is 1.00. The highest BCUT2D eigenvalue weighted by Gasteiger charge is 2.00. The Morgan fingerprint density at radius 1 is 1.50 bits per heavy atom. The van der Waals surface area contributed by atoms with Crippen LogP contribution in [0, 0.1) is 0 Å². The van der Waals surface area contributed by atoms with Gasteiger partial charge >= 0.3 is 0 Å². The van der Waals surface area contributed by atoms with Crippen molar-refractivity contribution >= 4 is 23.2 Å². The van der Waals surface area contributed by atoms with Gasteiger partial charge in [-0.2, -0.15) is 0 Å². The van der Waals surface area contributed by atoms with Crippen LogP contribution in [-0.4, -0.2) is 17.8 Å². The summed E-state index contributed by atoms with van der Waals surface area (Å²) in [7, 11) is 0. The normalized spacial score (nSPS) is 13.9. The van der Waals surface area contributed by atoms with Crippen LogP contribution < -0.4 is 5.73 Å². The summed E-state index contributed by atoms with van der Waals surface area (Å²) in [4.78, 5) is 0.